The van der Waals surface area contributed by atoms with Crippen LogP contribution in [0.25, 0.3) is 0 Å². The van der Waals surface area contributed by atoms with Crippen LogP contribution >= 0.6 is 57.4 Å². The van der Waals surface area contributed by atoms with Crippen molar-refractivity contribution in [2.24, 2.45) is 0 Å². The molecule has 4 nitrogen and oxygen atoms in total. The van der Waals surface area contributed by atoms with E-state index in [-0.39, 0.29) is 11.7 Å². The highest BCUT2D eigenvalue weighted by atomic mass is 127. The number of halogens is 2. The number of carbonyl (C=O) groups excluding carboxylic acids is 1. The number of aromatic hydroxyl groups is 1. The molecule has 1 heterocycles. The molecule has 0 bridgehead atoms. The maximum Gasteiger partial charge on any atom is 0.255 e. The Morgan fingerprint density at radius 2 is 2.00 bits per heavy atom. The number of hydrogen-bond donors (Lipinski definition) is 2. The van der Waals surface area contributed by atoms with Gasteiger partial charge in [-0.3, -0.25) is 9.69 Å². The van der Waals surface area contributed by atoms with E-state index in [0.717, 1.165) is 25.5 Å². The zero-order valence-electron chi connectivity index (χ0n) is 10.8. The largest absolute Gasteiger partial charge is 0.506 e. The molecule has 108 valence electrons. The predicted molar refractivity (Wildman–Crippen MR) is 98.6 cm³/mol. The topological polar surface area (TPSA) is 52.6 Å². The van der Waals surface area contributed by atoms with Gasteiger partial charge in [-0.15, -0.1) is 0 Å². The Labute approximate surface area is 150 Å². The van der Waals surface area contributed by atoms with Crippen LogP contribution in [0.15, 0.2) is 12.1 Å². The van der Waals surface area contributed by atoms with Crippen LogP contribution < -0.4 is 5.32 Å². The molecule has 2 rings (SSSR count). The molecule has 1 aromatic carbocycles. The molecule has 1 saturated heterocycles. The Hall–Kier alpha value is -0.160. The number of hydrogen-bond acceptors (Lipinski definition) is 3. The van der Waals surface area contributed by atoms with Gasteiger partial charge < -0.3 is 10.4 Å². The summed E-state index contributed by atoms with van der Waals surface area (Å²) < 4.78 is 1.47. The normalized spacial score (nSPS) is 18.6. The summed E-state index contributed by atoms with van der Waals surface area (Å²) in [5, 5.41) is 13.4. The van der Waals surface area contributed by atoms with Gasteiger partial charge in [0.15, 0.2) is 5.11 Å². The molecule has 2 N–H and O–H groups in total. The molecule has 1 aliphatic heterocycles. The van der Waals surface area contributed by atoms with Crippen molar-refractivity contribution in [2.45, 2.75) is 25.8 Å². The molecule has 7 heteroatoms. The number of nitrogens with zero attached hydrogens (tertiary/aromatic N) is 1. The van der Waals surface area contributed by atoms with Gasteiger partial charge in [0.25, 0.3) is 5.91 Å². The van der Waals surface area contributed by atoms with Crippen molar-refractivity contribution < 1.29 is 9.90 Å². The van der Waals surface area contributed by atoms with E-state index in [1.54, 1.807) is 4.90 Å². The number of phenolic OH excluding ortho intramolecular Hbond substituents is 1. The van der Waals surface area contributed by atoms with Crippen LogP contribution in [0, 0.1) is 7.14 Å². The standard InChI is InChI=1S/C13H14I2N2O2S/c1-2-3-4-17-12(19)10(16-13(17)20)7-5-8(14)11(18)9(15)6-7/h5-6,10,18H,2-4H2,1H3,(H,16,20). The Morgan fingerprint density at radius 3 is 2.55 bits per heavy atom. The quantitative estimate of drug-likeness (QED) is 0.478. The van der Waals surface area contributed by atoms with Crippen molar-refractivity contribution in [3.8, 4) is 5.75 Å². The van der Waals surface area contributed by atoms with E-state index >= 15 is 0 Å². The molecule has 0 aromatic heterocycles. The van der Waals surface area contributed by atoms with Crippen LogP contribution in [-0.4, -0.2) is 27.6 Å². The first-order valence-corrected chi connectivity index (χ1v) is 8.82. The first-order chi connectivity index (χ1) is 9.45. The third kappa shape index (κ3) is 3.19. The Morgan fingerprint density at radius 1 is 1.40 bits per heavy atom. The average Bonchev–Trinajstić information content (AvgIpc) is 2.68. The van der Waals surface area contributed by atoms with Crippen molar-refractivity contribution in [2.75, 3.05) is 6.54 Å². The van der Waals surface area contributed by atoms with E-state index in [2.05, 4.69) is 57.4 Å². The van der Waals surface area contributed by atoms with Crippen LogP contribution in [0.1, 0.15) is 31.4 Å². The van der Waals surface area contributed by atoms with Crippen molar-refractivity contribution >= 4 is 68.4 Å². The molecule has 0 radical (unpaired) electrons. The zero-order valence-corrected chi connectivity index (χ0v) is 16.0. The lowest BCUT2D eigenvalue weighted by Gasteiger charge is -2.14. The van der Waals surface area contributed by atoms with Crippen LogP contribution in [0.4, 0.5) is 0 Å². The first kappa shape index (κ1) is 16.2. The molecule has 1 fully saturated rings. The van der Waals surface area contributed by atoms with Crippen LogP contribution in [0.2, 0.25) is 0 Å². The van der Waals surface area contributed by atoms with E-state index in [1.807, 2.05) is 12.1 Å². The number of carbonyl (C=O) groups is 1. The fourth-order valence-electron chi connectivity index (χ4n) is 2.02. The summed E-state index contributed by atoms with van der Waals surface area (Å²) in [7, 11) is 0. The molecular weight excluding hydrogens is 502 g/mol. The molecule has 1 unspecified atom stereocenters. The lowest BCUT2D eigenvalue weighted by molar-refractivity contribution is -0.127. The second-order valence-corrected chi connectivity index (χ2v) is 7.27. The third-order valence-corrected chi connectivity index (χ3v) is 5.12. The summed E-state index contributed by atoms with van der Waals surface area (Å²) in [5.74, 6) is 0.242. The Kier molecular flexibility index (Phi) is 5.46. The summed E-state index contributed by atoms with van der Waals surface area (Å²) in [4.78, 5) is 14.1. The van der Waals surface area contributed by atoms with Gasteiger partial charge >= 0.3 is 0 Å². The zero-order chi connectivity index (χ0) is 14.9. The first-order valence-electron chi connectivity index (χ1n) is 6.25. The average molecular weight is 516 g/mol. The fourth-order valence-corrected chi connectivity index (χ4v) is 4.14. The molecule has 1 atom stereocenters. The predicted octanol–water partition coefficient (Wildman–Crippen LogP) is 3.16. The van der Waals surface area contributed by atoms with Crippen molar-refractivity contribution in [3.63, 3.8) is 0 Å². The second kappa shape index (κ2) is 6.73. The van der Waals surface area contributed by atoms with Gasteiger partial charge in [-0.25, -0.2) is 0 Å². The van der Waals surface area contributed by atoms with E-state index < -0.39 is 6.04 Å². The fraction of sp³-hybridized carbons (Fsp3) is 0.385. The monoisotopic (exact) mass is 516 g/mol. The number of phenols is 1. The van der Waals surface area contributed by atoms with E-state index in [4.69, 9.17) is 12.2 Å². The minimum Gasteiger partial charge on any atom is -0.506 e. The second-order valence-electron chi connectivity index (χ2n) is 4.56. The third-order valence-electron chi connectivity index (χ3n) is 3.13. The maximum absolute atomic E-state index is 12.4. The summed E-state index contributed by atoms with van der Waals surface area (Å²) in [6.07, 6.45) is 1.96. The molecule has 1 aromatic rings. The minimum atomic E-state index is -0.443. The van der Waals surface area contributed by atoms with E-state index in [9.17, 15) is 9.90 Å². The van der Waals surface area contributed by atoms with Gasteiger partial charge in [0.05, 0.1) is 7.14 Å². The summed E-state index contributed by atoms with van der Waals surface area (Å²) in [5.41, 5.74) is 0.836. The number of thiocarbonyl (C=S) groups is 1. The molecule has 0 aliphatic carbocycles. The van der Waals surface area contributed by atoms with Crippen LogP contribution in [0.3, 0.4) is 0 Å². The summed E-state index contributed by atoms with van der Waals surface area (Å²) in [6, 6.07) is 3.20. The van der Waals surface area contributed by atoms with Crippen molar-refractivity contribution in [3.05, 3.63) is 24.8 Å². The van der Waals surface area contributed by atoms with E-state index in [1.165, 1.54) is 0 Å². The molecule has 1 aliphatic rings. The van der Waals surface area contributed by atoms with Gasteiger partial charge in [-0.05, 0) is 81.5 Å². The van der Waals surface area contributed by atoms with Gasteiger partial charge in [-0.2, -0.15) is 0 Å². The smallest absolute Gasteiger partial charge is 0.255 e. The maximum atomic E-state index is 12.4. The number of nitrogens with one attached hydrogen (secondary N) is 1. The van der Waals surface area contributed by atoms with E-state index in [0.29, 0.717) is 11.7 Å². The molecule has 0 spiro atoms. The number of amides is 1. The molecular formula is C13H14I2N2O2S. The Bertz CT molecular complexity index is 542. The van der Waals surface area contributed by atoms with Crippen molar-refractivity contribution in [1.82, 2.24) is 10.2 Å². The minimum absolute atomic E-state index is 0.0132. The summed E-state index contributed by atoms with van der Waals surface area (Å²) >= 11 is 9.36. The lowest BCUT2D eigenvalue weighted by Crippen LogP contribution is -2.31. The van der Waals surface area contributed by atoms with Crippen molar-refractivity contribution in [1.29, 1.82) is 0 Å². The highest BCUT2D eigenvalue weighted by Gasteiger charge is 2.36. The Balaban J connectivity index is 2.26. The summed E-state index contributed by atoms with van der Waals surface area (Å²) in [6.45, 7) is 2.74. The highest BCUT2D eigenvalue weighted by molar-refractivity contribution is 14.1. The molecule has 1 amide bonds. The van der Waals surface area contributed by atoms with Gasteiger partial charge in [0, 0.05) is 6.54 Å². The number of rotatable bonds is 4. The van der Waals surface area contributed by atoms with Crippen LogP contribution in [-0.2, 0) is 4.79 Å². The molecule has 20 heavy (non-hydrogen) atoms. The lowest BCUT2D eigenvalue weighted by atomic mass is 10.1. The number of benzene rings is 1. The highest BCUT2D eigenvalue weighted by Crippen LogP contribution is 2.31. The van der Waals surface area contributed by atoms with Crippen LogP contribution in [0.5, 0.6) is 5.75 Å². The van der Waals surface area contributed by atoms with Gasteiger partial charge in [-0.1, -0.05) is 13.3 Å². The molecule has 0 saturated carbocycles. The SMILES string of the molecule is CCCCN1C(=O)C(c2cc(I)c(O)c(I)c2)NC1=S. The van der Waals surface area contributed by atoms with Gasteiger partial charge in [0.2, 0.25) is 0 Å². The number of unbranched alkanes of at least 4 members (excludes halogenated alkanes) is 1. The van der Waals surface area contributed by atoms with Gasteiger partial charge in [0.1, 0.15) is 11.8 Å².